The number of rotatable bonds is 8. The largest absolute Gasteiger partial charge is 1.00 e. The molecule has 1 unspecified atom stereocenters. The predicted octanol–water partition coefficient (Wildman–Crippen LogP) is -3.80. The smallest absolute Gasteiger partial charge is 0.735 e. The maximum atomic E-state index is 10.3. The van der Waals surface area contributed by atoms with Crippen molar-refractivity contribution in [1.82, 2.24) is 10.0 Å². The molecule has 0 aliphatic carbocycles. The second-order valence-electron chi connectivity index (χ2n) is 3.94. The normalized spacial score (nSPS) is 12.6. The van der Waals surface area contributed by atoms with Crippen molar-refractivity contribution in [3.63, 3.8) is 0 Å². The van der Waals surface area contributed by atoms with E-state index in [9.17, 15) is 18.1 Å². The van der Waals surface area contributed by atoms with Gasteiger partial charge in [-0.05, 0) is 17.7 Å². The van der Waals surface area contributed by atoms with Crippen LogP contribution in [0, 0.1) is 0 Å². The van der Waals surface area contributed by atoms with Crippen LogP contribution in [0.3, 0.4) is 0 Å². The van der Waals surface area contributed by atoms with Crippen molar-refractivity contribution in [2.24, 2.45) is 0 Å². The first kappa shape index (κ1) is 20.4. The third kappa shape index (κ3) is 9.39. The topological polar surface area (TPSA) is 111 Å². The van der Waals surface area contributed by atoms with Gasteiger partial charge < -0.3 is 19.7 Å². The fraction of sp³-hybridized carbons (Fsp3) is 0.455. The van der Waals surface area contributed by atoms with Gasteiger partial charge in [0.05, 0.1) is 13.2 Å². The summed E-state index contributed by atoms with van der Waals surface area (Å²) in [5.74, 6) is 0.758. The van der Waals surface area contributed by atoms with Crippen LogP contribution < -0.4 is 66.2 Å². The quantitative estimate of drug-likeness (QED) is 0.333. The number of aliphatic hydroxyl groups excluding tert-OH is 1. The first-order valence-corrected chi connectivity index (χ1v) is 7.04. The van der Waals surface area contributed by atoms with E-state index in [-0.39, 0.29) is 64.5 Å². The zero-order chi connectivity index (χ0) is 14.3. The second kappa shape index (κ2) is 10.2. The first-order chi connectivity index (χ1) is 8.90. The zero-order valence-electron chi connectivity index (χ0n) is 11.5. The molecule has 0 heterocycles. The summed E-state index contributed by atoms with van der Waals surface area (Å²) in [6.45, 7) is 0.390. The van der Waals surface area contributed by atoms with E-state index < -0.39 is 16.4 Å². The van der Waals surface area contributed by atoms with Crippen molar-refractivity contribution in [1.29, 1.82) is 0 Å². The molecule has 1 aromatic carbocycles. The van der Waals surface area contributed by atoms with Gasteiger partial charge in [-0.3, -0.25) is 0 Å². The Hall–Kier alpha value is 0.446. The fourth-order valence-electron chi connectivity index (χ4n) is 1.40. The maximum Gasteiger partial charge on any atom is 1.00 e. The Morgan fingerprint density at radius 3 is 2.40 bits per heavy atom. The van der Waals surface area contributed by atoms with Gasteiger partial charge in [0.2, 0.25) is 0 Å². The Bertz CT molecular complexity index is 480. The van der Waals surface area contributed by atoms with E-state index in [2.05, 4.69) is 5.32 Å². The molecule has 0 amide bonds. The molecule has 0 saturated carbocycles. The number of methoxy groups -OCH3 is 1. The summed E-state index contributed by atoms with van der Waals surface area (Å²) in [7, 11) is -2.92. The Labute approximate surface area is 161 Å². The molecule has 0 aliphatic rings. The van der Waals surface area contributed by atoms with Crippen LogP contribution in [0.4, 0.5) is 0 Å². The SMILES string of the molecule is COc1ccc(CNCC(O)CNS(=O)(=O)[O-])cc1.[K+]. The summed E-state index contributed by atoms with van der Waals surface area (Å²) < 4.78 is 37.6. The molecule has 0 spiro atoms. The minimum Gasteiger partial charge on any atom is -0.735 e. The minimum atomic E-state index is -4.51. The van der Waals surface area contributed by atoms with Gasteiger partial charge in [0.1, 0.15) is 5.75 Å². The molecule has 108 valence electrons. The van der Waals surface area contributed by atoms with E-state index >= 15 is 0 Å². The van der Waals surface area contributed by atoms with Crippen molar-refractivity contribution in [3.05, 3.63) is 29.8 Å². The molecule has 9 heteroatoms. The third-order valence-electron chi connectivity index (χ3n) is 2.36. The second-order valence-corrected chi connectivity index (χ2v) is 5.13. The summed E-state index contributed by atoms with van der Waals surface area (Å²) >= 11 is 0. The summed E-state index contributed by atoms with van der Waals surface area (Å²) in [5.41, 5.74) is 0.998. The molecule has 20 heavy (non-hydrogen) atoms. The van der Waals surface area contributed by atoms with E-state index in [1.807, 2.05) is 24.3 Å². The van der Waals surface area contributed by atoms with Gasteiger partial charge in [0, 0.05) is 19.6 Å². The molecular weight excluding hydrogens is 311 g/mol. The molecule has 1 aromatic rings. The molecule has 0 radical (unpaired) electrons. The molecule has 7 nitrogen and oxygen atoms in total. The van der Waals surface area contributed by atoms with Crippen molar-refractivity contribution in [2.45, 2.75) is 12.6 Å². The van der Waals surface area contributed by atoms with Gasteiger partial charge in [-0.2, -0.15) is 0 Å². The number of hydrogen-bond acceptors (Lipinski definition) is 6. The summed E-state index contributed by atoms with van der Waals surface area (Å²) in [4.78, 5) is 0. The van der Waals surface area contributed by atoms with Crippen LogP contribution in [0.25, 0.3) is 0 Å². The van der Waals surface area contributed by atoms with E-state index in [4.69, 9.17) is 4.74 Å². The predicted molar refractivity (Wildman–Crippen MR) is 68.4 cm³/mol. The Morgan fingerprint density at radius 2 is 1.90 bits per heavy atom. The van der Waals surface area contributed by atoms with Crippen molar-refractivity contribution in [2.75, 3.05) is 20.2 Å². The van der Waals surface area contributed by atoms with Crippen LogP contribution in [0.15, 0.2) is 24.3 Å². The van der Waals surface area contributed by atoms with E-state index in [1.165, 1.54) is 0 Å². The van der Waals surface area contributed by atoms with Gasteiger partial charge >= 0.3 is 51.4 Å². The molecule has 0 saturated heterocycles. The Morgan fingerprint density at radius 1 is 1.30 bits per heavy atom. The average Bonchev–Trinajstić information content (AvgIpc) is 2.36. The molecule has 0 aromatic heterocycles. The van der Waals surface area contributed by atoms with Crippen LogP contribution >= 0.6 is 0 Å². The standard InChI is InChI=1S/C11H18N2O5S.K/c1-18-11-4-2-9(3-5-11)6-12-7-10(14)8-13-19(15,16)17;/h2-5,10,12-14H,6-8H2,1H3,(H,15,16,17);/q;+1/p-1. The molecular formula is C11H17KN2O5S. The molecule has 0 aliphatic heterocycles. The average molecular weight is 328 g/mol. The van der Waals surface area contributed by atoms with Crippen LogP contribution in [0.1, 0.15) is 5.56 Å². The van der Waals surface area contributed by atoms with Gasteiger partial charge in [0.15, 0.2) is 10.3 Å². The van der Waals surface area contributed by atoms with E-state index in [1.54, 1.807) is 11.8 Å². The number of aliphatic hydroxyl groups is 1. The van der Waals surface area contributed by atoms with Crippen LogP contribution in [0.2, 0.25) is 0 Å². The van der Waals surface area contributed by atoms with E-state index in [0.29, 0.717) is 6.54 Å². The van der Waals surface area contributed by atoms with Gasteiger partial charge in [-0.15, -0.1) is 0 Å². The minimum absolute atomic E-state index is 0. The van der Waals surface area contributed by atoms with Crippen molar-refractivity contribution >= 4 is 10.3 Å². The Kier molecular flexibility index (Phi) is 10.4. The maximum absolute atomic E-state index is 10.3. The summed E-state index contributed by atoms with van der Waals surface area (Å²) in [6, 6.07) is 7.38. The van der Waals surface area contributed by atoms with Crippen LogP contribution in [-0.2, 0) is 16.8 Å². The van der Waals surface area contributed by atoms with Crippen LogP contribution in [-0.4, -0.2) is 44.4 Å². The molecule has 1 rings (SSSR count). The summed E-state index contributed by atoms with van der Waals surface area (Å²) in [6.07, 6.45) is -0.957. The van der Waals surface area contributed by atoms with Gasteiger partial charge in [-0.25, -0.2) is 13.1 Å². The third-order valence-corrected chi connectivity index (χ3v) is 2.88. The van der Waals surface area contributed by atoms with Gasteiger partial charge in [0.25, 0.3) is 0 Å². The van der Waals surface area contributed by atoms with Crippen LogP contribution in [0.5, 0.6) is 5.75 Å². The monoisotopic (exact) mass is 328 g/mol. The summed E-state index contributed by atoms with van der Waals surface area (Å²) in [5, 5.41) is 12.4. The number of benzene rings is 1. The number of ether oxygens (including phenoxy) is 1. The fourth-order valence-corrected chi connectivity index (χ4v) is 1.79. The Balaban J connectivity index is 0.00000361. The van der Waals surface area contributed by atoms with Crippen molar-refractivity contribution < 1.29 is 74.2 Å². The molecule has 1 atom stereocenters. The van der Waals surface area contributed by atoms with Gasteiger partial charge in [-0.1, -0.05) is 12.1 Å². The number of nitrogens with one attached hydrogen (secondary N) is 2. The molecule has 0 bridgehead atoms. The first-order valence-electron chi connectivity index (χ1n) is 5.63. The number of hydrogen-bond donors (Lipinski definition) is 3. The molecule has 3 N–H and O–H groups in total. The zero-order valence-corrected chi connectivity index (χ0v) is 15.4. The molecule has 0 fully saturated rings. The van der Waals surface area contributed by atoms with E-state index in [0.717, 1.165) is 11.3 Å². The van der Waals surface area contributed by atoms with Crippen molar-refractivity contribution in [3.8, 4) is 5.75 Å².